The largest absolute Gasteiger partial charge is 0.354 e. The summed E-state index contributed by atoms with van der Waals surface area (Å²) in [5, 5.41) is 3.07. The van der Waals surface area contributed by atoms with Gasteiger partial charge in [0.2, 0.25) is 11.8 Å². The summed E-state index contributed by atoms with van der Waals surface area (Å²) in [7, 11) is 0. The molecule has 22 heavy (non-hydrogen) atoms. The molecule has 1 aromatic rings. The Balaban J connectivity index is 1.58. The van der Waals surface area contributed by atoms with E-state index < -0.39 is 0 Å². The molecule has 0 spiro atoms. The molecule has 4 nitrogen and oxygen atoms in total. The van der Waals surface area contributed by atoms with Crippen molar-refractivity contribution in [3.05, 3.63) is 35.9 Å². The number of hydrogen-bond acceptors (Lipinski definition) is 2. The molecular formula is C18H24N2O2. The third-order valence-corrected chi connectivity index (χ3v) is 4.87. The molecule has 0 radical (unpaired) electrons. The number of nitrogens with zero attached hydrogens (tertiary/aromatic N) is 1. The van der Waals surface area contributed by atoms with Crippen molar-refractivity contribution in [2.24, 2.45) is 5.92 Å². The Morgan fingerprint density at radius 3 is 2.59 bits per heavy atom. The minimum absolute atomic E-state index is 0.0219. The van der Waals surface area contributed by atoms with E-state index >= 15 is 0 Å². The van der Waals surface area contributed by atoms with Crippen LogP contribution in [-0.4, -0.2) is 29.3 Å². The number of carbonyl (C=O) groups excluding carboxylic acids is 2. The lowest BCUT2D eigenvalue weighted by Gasteiger charge is -2.24. The van der Waals surface area contributed by atoms with Gasteiger partial charge in [-0.25, -0.2) is 0 Å². The minimum Gasteiger partial charge on any atom is -0.354 e. The van der Waals surface area contributed by atoms with E-state index in [9.17, 15) is 9.59 Å². The van der Waals surface area contributed by atoms with Crippen molar-refractivity contribution in [3.8, 4) is 0 Å². The number of carbonyl (C=O) groups is 2. The van der Waals surface area contributed by atoms with Gasteiger partial charge >= 0.3 is 0 Å². The standard InChI is InChI=1S/C18H24N2O2/c21-17-11-10-16(18(22)19-12-14-6-4-5-7-14)20(17)13-15-8-2-1-3-9-15/h1-3,8-9,14,16H,4-7,10-13H2,(H,19,22). The smallest absolute Gasteiger partial charge is 0.242 e. The molecule has 1 atom stereocenters. The number of nitrogens with one attached hydrogen (secondary N) is 1. The highest BCUT2D eigenvalue weighted by molar-refractivity contribution is 5.90. The molecule has 3 rings (SSSR count). The van der Waals surface area contributed by atoms with E-state index in [4.69, 9.17) is 0 Å². The van der Waals surface area contributed by atoms with Gasteiger partial charge in [-0.1, -0.05) is 43.2 Å². The Kier molecular flexibility index (Phi) is 4.76. The molecule has 1 saturated heterocycles. The van der Waals surface area contributed by atoms with Gasteiger partial charge in [-0.3, -0.25) is 9.59 Å². The van der Waals surface area contributed by atoms with Crippen LogP contribution >= 0.6 is 0 Å². The molecule has 2 aliphatic rings. The van der Waals surface area contributed by atoms with Gasteiger partial charge in [-0.15, -0.1) is 0 Å². The van der Waals surface area contributed by atoms with Gasteiger partial charge in [0.15, 0.2) is 0 Å². The fourth-order valence-electron chi connectivity index (χ4n) is 3.56. The van der Waals surface area contributed by atoms with E-state index in [1.54, 1.807) is 4.90 Å². The van der Waals surface area contributed by atoms with Crippen molar-refractivity contribution in [2.75, 3.05) is 6.54 Å². The highest BCUT2D eigenvalue weighted by atomic mass is 16.2. The molecule has 2 fully saturated rings. The van der Waals surface area contributed by atoms with E-state index in [2.05, 4.69) is 5.32 Å². The second-order valence-electron chi connectivity index (χ2n) is 6.46. The van der Waals surface area contributed by atoms with Gasteiger partial charge < -0.3 is 10.2 Å². The lowest BCUT2D eigenvalue weighted by Crippen LogP contribution is -2.45. The Bertz CT molecular complexity index is 523. The first-order valence-corrected chi connectivity index (χ1v) is 8.35. The third kappa shape index (κ3) is 3.49. The fraction of sp³-hybridized carbons (Fsp3) is 0.556. The predicted molar refractivity (Wildman–Crippen MR) is 85.0 cm³/mol. The lowest BCUT2D eigenvalue weighted by atomic mass is 10.1. The number of hydrogen-bond donors (Lipinski definition) is 1. The Morgan fingerprint density at radius 1 is 1.14 bits per heavy atom. The van der Waals surface area contributed by atoms with Crippen LogP contribution < -0.4 is 5.32 Å². The van der Waals surface area contributed by atoms with Gasteiger partial charge in [0, 0.05) is 19.5 Å². The van der Waals surface area contributed by atoms with Crippen LogP contribution in [0.3, 0.4) is 0 Å². The highest BCUT2D eigenvalue weighted by Gasteiger charge is 2.36. The van der Waals surface area contributed by atoms with Crippen molar-refractivity contribution < 1.29 is 9.59 Å². The number of rotatable bonds is 5. The summed E-state index contributed by atoms with van der Waals surface area (Å²) in [5.41, 5.74) is 1.08. The van der Waals surface area contributed by atoms with E-state index in [-0.39, 0.29) is 17.9 Å². The maximum absolute atomic E-state index is 12.4. The zero-order valence-corrected chi connectivity index (χ0v) is 13.0. The molecule has 1 saturated carbocycles. The van der Waals surface area contributed by atoms with Crippen LogP contribution in [0.15, 0.2) is 30.3 Å². The normalized spacial score (nSPS) is 22.3. The van der Waals surface area contributed by atoms with Crippen molar-refractivity contribution in [1.29, 1.82) is 0 Å². The Hall–Kier alpha value is -1.84. The molecule has 118 valence electrons. The number of likely N-dealkylation sites (tertiary alicyclic amines) is 1. The average molecular weight is 300 g/mol. The zero-order valence-electron chi connectivity index (χ0n) is 13.0. The number of benzene rings is 1. The molecule has 0 aromatic heterocycles. The topological polar surface area (TPSA) is 49.4 Å². The quantitative estimate of drug-likeness (QED) is 0.908. The molecule has 0 bridgehead atoms. The van der Waals surface area contributed by atoms with Crippen LogP contribution in [0.5, 0.6) is 0 Å². The maximum atomic E-state index is 12.4. The summed E-state index contributed by atoms with van der Waals surface area (Å²) in [5.74, 6) is 0.738. The molecule has 1 heterocycles. The van der Waals surface area contributed by atoms with Crippen molar-refractivity contribution in [3.63, 3.8) is 0 Å². The number of amides is 2. The molecule has 1 N–H and O–H groups in total. The predicted octanol–water partition coefficient (Wildman–Crippen LogP) is 2.48. The van der Waals surface area contributed by atoms with Crippen LogP contribution in [-0.2, 0) is 16.1 Å². The first-order valence-electron chi connectivity index (χ1n) is 8.35. The molecule has 1 aliphatic carbocycles. The van der Waals surface area contributed by atoms with E-state index in [1.165, 1.54) is 25.7 Å². The Labute approximate surface area is 131 Å². The fourth-order valence-corrected chi connectivity index (χ4v) is 3.56. The summed E-state index contributed by atoms with van der Waals surface area (Å²) < 4.78 is 0. The minimum atomic E-state index is -0.297. The summed E-state index contributed by atoms with van der Waals surface area (Å²) in [6.45, 7) is 1.30. The van der Waals surface area contributed by atoms with E-state index in [1.807, 2.05) is 30.3 Å². The van der Waals surface area contributed by atoms with Crippen LogP contribution in [0.1, 0.15) is 44.1 Å². The van der Waals surface area contributed by atoms with Crippen LogP contribution in [0, 0.1) is 5.92 Å². The van der Waals surface area contributed by atoms with Gasteiger partial charge in [-0.05, 0) is 30.7 Å². The first kappa shape index (κ1) is 15.1. The molecule has 4 heteroatoms. The van der Waals surface area contributed by atoms with Crippen LogP contribution in [0.2, 0.25) is 0 Å². The maximum Gasteiger partial charge on any atom is 0.242 e. The van der Waals surface area contributed by atoms with Crippen molar-refractivity contribution in [2.45, 2.75) is 51.1 Å². The van der Waals surface area contributed by atoms with Gasteiger partial charge in [-0.2, -0.15) is 0 Å². The van der Waals surface area contributed by atoms with Crippen molar-refractivity contribution in [1.82, 2.24) is 10.2 Å². The van der Waals surface area contributed by atoms with Crippen LogP contribution in [0.25, 0.3) is 0 Å². The second-order valence-corrected chi connectivity index (χ2v) is 6.46. The summed E-state index contributed by atoms with van der Waals surface area (Å²) in [6.07, 6.45) is 6.12. The van der Waals surface area contributed by atoms with E-state index in [0.29, 0.717) is 25.3 Å². The molecule has 1 aliphatic heterocycles. The SMILES string of the molecule is O=C(NCC1CCCC1)C1CCC(=O)N1Cc1ccccc1. The lowest BCUT2D eigenvalue weighted by molar-refractivity contribution is -0.135. The molecular weight excluding hydrogens is 276 g/mol. The van der Waals surface area contributed by atoms with Gasteiger partial charge in [0.05, 0.1) is 0 Å². The first-order chi connectivity index (χ1) is 10.7. The molecule has 1 unspecified atom stereocenters. The summed E-state index contributed by atoms with van der Waals surface area (Å²) >= 11 is 0. The van der Waals surface area contributed by atoms with Crippen LogP contribution in [0.4, 0.5) is 0 Å². The molecule has 1 aromatic carbocycles. The third-order valence-electron chi connectivity index (χ3n) is 4.87. The van der Waals surface area contributed by atoms with Gasteiger partial charge in [0.25, 0.3) is 0 Å². The molecule has 2 amide bonds. The highest BCUT2D eigenvalue weighted by Crippen LogP contribution is 2.25. The van der Waals surface area contributed by atoms with Gasteiger partial charge in [0.1, 0.15) is 6.04 Å². The monoisotopic (exact) mass is 300 g/mol. The van der Waals surface area contributed by atoms with E-state index in [0.717, 1.165) is 12.1 Å². The average Bonchev–Trinajstić information content (AvgIpc) is 3.17. The Morgan fingerprint density at radius 2 is 1.86 bits per heavy atom. The van der Waals surface area contributed by atoms with Crippen molar-refractivity contribution >= 4 is 11.8 Å². The second kappa shape index (κ2) is 6.95. The summed E-state index contributed by atoms with van der Waals surface area (Å²) in [6, 6.07) is 9.59. The summed E-state index contributed by atoms with van der Waals surface area (Å²) in [4.78, 5) is 26.3. The zero-order chi connectivity index (χ0) is 15.4.